The third-order valence-electron chi connectivity index (χ3n) is 1.93. The van der Waals surface area contributed by atoms with Crippen LogP contribution in [0.2, 0.25) is 0 Å². The van der Waals surface area contributed by atoms with Crippen LogP contribution in [0, 0.1) is 0 Å². The van der Waals surface area contributed by atoms with E-state index in [4.69, 9.17) is 4.74 Å². The van der Waals surface area contributed by atoms with Crippen molar-refractivity contribution in [3.05, 3.63) is 12.7 Å². The minimum Gasteiger partial charge on any atom is -0.367 e. The quantitative estimate of drug-likeness (QED) is 0.566. The lowest BCUT2D eigenvalue weighted by molar-refractivity contribution is -0.140. The van der Waals surface area contributed by atoms with E-state index in [9.17, 15) is 4.79 Å². The summed E-state index contributed by atoms with van der Waals surface area (Å²) in [6.45, 7) is 5.58. The molecule has 1 heterocycles. The first-order valence-electron chi connectivity index (χ1n) is 4.03. The van der Waals surface area contributed by atoms with Gasteiger partial charge in [-0.15, -0.1) is 6.58 Å². The van der Waals surface area contributed by atoms with Crippen molar-refractivity contribution in [2.75, 3.05) is 0 Å². The van der Waals surface area contributed by atoms with Crippen molar-refractivity contribution >= 4 is 5.78 Å². The normalized spacial score (nSPS) is 31.9. The van der Waals surface area contributed by atoms with E-state index in [0.717, 1.165) is 6.42 Å². The number of rotatable bonds is 2. The first-order chi connectivity index (χ1) is 5.24. The molecule has 0 aliphatic carbocycles. The summed E-state index contributed by atoms with van der Waals surface area (Å²) >= 11 is 0. The first-order valence-corrected chi connectivity index (χ1v) is 4.03. The summed E-state index contributed by atoms with van der Waals surface area (Å²) in [5, 5.41) is 0. The van der Waals surface area contributed by atoms with E-state index in [2.05, 4.69) is 6.58 Å². The van der Waals surface area contributed by atoms with E-state index in [1.165, 1.54) is 0 Å². The Hall–Kier alpha value is -0.630. The minimum atomic E-state index is -0.212. The molecule has 0 aromatic rings. The van der Waals surface area contributed by atoms with Crippen LogP contribution in [0.15, 0.2) is 12.7 Å². The highest BCUT2D eigenvalue weighted by atomic mass is 16.5. The van der Waals surface area contributed by atoms with E-state index in [0.29, 0.717) is 12.8 Å². The van der Waals surface area contributed by atoms with Crippen LogP contribution in [0.5, 0.6) is 0 Å². The van der Waals surface area contributed by atoms with E-state index in [-0.39, 0.29) is 18.0 Å². The van der Waals surface area contributed by atoms with Crippen LogP contribution in [0.4, 0.5) is 0 Å². The van der Waals surface area contributed by atoms with Crippen LogP contribution in [0.3, 0.4) is 0 Å². The van der Waals surface area contributed by atoms with E-state index < -0.39 is 0 Å². The van der Waals surface area contributed by atoms with Gasteiger partial charge in [0.1, 0.15) is 6.10 Å². The number of Topliss-reactive ketones (excluding diaryl/α,β-unsaturated/α-hetero) is 1. The number of hydrogen-bond donors (Lipinski definition) is 0. The molecule has 0 saturated carbocycles. The molecule has 0 aromatic heterocycles. The van der Waals surface area contributed by atoms with E-state index in [1.54, 1.807) is 6.08 Å². The Morgan fingerprint density at radius 1 is 1.82 bits per heavy atom. The van der Waals surface area contributed by atoms with Crippen molar-refractivity contribution in [3.63, 3.8) is 0 Å². The Kier molecular flexibility index (Phi) is 2.83. The van der Waals surface area contributed by atoms with Gasteiger partial charge in [-0.25, -0.2) is 0 Å². The molecule has 11 heavy (non-hydrogen) atoms. The van der Waals surface area contributed by atoms with Gasteiger partial charge in [0.15, 0.2) is 5.78 Å². The van der Waals surface area contributed by atoms with Gasteiger partial charge >= 0.3 is 0 Å². The average molecular weight is 154 g/mol. The van der Waals surface area contributed by atoms with Crippen LogP contribution in [0.25, 0.3) is 0 Å². The summed E-state index contributed by atoms with van der Waals surface area (Å²) in [7, 11) is 0. The molecule has 0 radical (unpaired) electrons. The summed E-state index contributed by atoms with van der Waals surface area (Å²) in [6.07, 6.45) is 3.95. The molecule has 1 aliphatic heterocycles. The third-order valence-corrected chi connectivity index (χ3v) is 1.93. The molecule has 1 fully saturated rings. The highest BCUT2D eigenvalue weighted by molar-refractivity contribution is 5.83. The molecule has 0 bridgehead atoms. The molecule has 62 valence electrons. The SMILES string of the molecule is C=CCC1OC(C)CCC1=O. The van der Waals surface area contributed by atoms with Gasteiger partial charge in [-0.1, -0.05) is 6.08 Å². The average Bonchev–Trinajstić information content (AvgIpc) is 1.98. The molecule has 2 unspecified atom stereocenters. The number of hydrogen-bond acceptors (Lipinski definition) is 2. The van der Waals surface area contributed by atoms with Gasteiger partial charge in [0.25, 0.3) is 0 Å². The second-order valence-corrected chi connectivity index (χ2v) is 2.96. The largest absolute Gasteiger partial charge is 0.367 e. The van der Waals surface area contributed by atoms with Crippen molar-refractivity contribution in [3.8, 4) is 0 Å². The summed E-state index contributed by atoms with van der Waals surface area (Å²) in [6, 6.07) is 0. The molecule has 0 spiro atoms. The lowest BCUT2D eigenvalue weighted by atomic mass is 10.0. The molecule has 0 amide bonds. The summed E-state index contributed by atoms with van der Waals surface area (Å²) in [4.78, 5) is 11.2. The summed E-state index contributed by atoms with van der Waals surface area (Å²) in [5.74, 6) is 0.225. The number of ether oxygens (including phenoxy) is 1. The maximum absolute atomic E-state index is 11.2. The second-order valence-electron chi connectivity index (χ2n) is 2.96. The van der Waals surface area contributed by atoms with Gasteiger partial charge in [-0.2, -0.15) is 0 Å². The van der Waals surface area contributed by atoms with E-state index in [1.807, 2.05) is 6.92 Å². The van der Waals surface area contributed by atoms with Crippen LogP contribution in [0.1, 0.15) is 26.2 Å². The molecule has 0 N–H and O–H groups in total. The van der Waals surface area contributed by atoms with Crippen LogP contribution in [-0.4, -0.2) is 18.0 Å². The van der Waals surface area contributed by atoms with Crippen molar-refractivity contribution in [2.24, 2.45) is 0 Å². The van der Waals surface area contributed by atoms with Crippen LogP contribution < -0.4 is 0 Å². The topological polar surface area (TPSA) is 26.3 Å². The Bertz CT molecular complexity index is 163. The number of ketones is 1. The maximum Gasteiger partial charge on any atom is 0.161 e. The molecule has 2 atom stereocenters. The predicted octanol–water partition coefficient (Wildman–Crippen LogP) is 1.70. The van der Waals surface area contributed by atoms with Crippen molar-refractivity contribution in [1.82, 2.24) is 0 Å². The molecule has 1 saturated heterocycles. The highest BCUT2D eigenvalue weighted by Gasteiger charge is 2.25. The molecular weight excluding hydrogens is 140 g/mol. The Labute approximate surface area is 67.2 Å². The van der Waals surface area contributed by atoms with Crippen LogP contribution in [-0.2, 0) is 9.53 Å². The predicted molar refractivity (Wildman–Crippen MR) is 43.4 cm³/mol. The van der Waals surface area contributed by atoms with Crippen LogP contribution >= 0.6 is 0 Å². The van der Waals surface area contributed by atoms with Crippen molar-refractivity contribution < 1.29 is 9.53 Å². The van der Waals surface area contributed by atoms with Gasteiger partial charge in [0.2, 0.25) is 0 Å². The standard InChI is InChI=1S/C9H14O2/c1-3-4-9-8(10)6-5-7(2)11-9/h3,7,9H,1,4-6H2,2H3. The molecule has 0 aromatic carbocycles. The van der Waals surface area contributed by atoms with Gasteiger partial charge < -0.3 is 4.74 Å². The fraction of sp³-hybridized carbons (Fsp3) is 0.667. The van der Waals surface area contributed by atoms with Gasteiger partial charge in [0.05, 0.1) is 6.10 Å². The Morgan fingerprint density at radius 3 is 3.18 bits per heavy atom. The van der Waals surface area contributed by atoms with E-state index >= 15 is 0 Å². The number of carbonyl (C=O) groups excluding carboxylic acids is 1. The monoisotopic (exact) mass is 154 g/mol. The Balaban J connectivity index is 2.46. The zero-order chi connectivity index (χ0) is 8.27. The van der Waals surface area contributed by atoms with Crippen molar-refractivity contribution in [2.45, 2.75) is 38.4 Å². The van der Waals surface area contributed by atoms with Crippen molar-refractivity contribution in [1.29, 1.82) is 0 Å². The molecule has 2 heteroatoms. The maximum atomic E-state index is 11.2. The molecular formula is C9H14O2. The fourth-order valence-corrected chi connectivity index (χ4v) is 1.27. The van der Waals surface area contributed by atoms with Gasteiger partial charge in [-0.05, 0) is 19.8 Å². The number of carbonyl (C=O) groups is 1. The zero-order valence-electron chi connectivity index (χ0n) is 6.88. The third kappa shape index (κ3) is 2.15. The molecule has 1 aliphatic rings. The highest BCUT2D eigenvalue weighted by Crippen LogP contribution is 2.17. The summed E-state index contributed by atoms with van der Waals surface area (Å²) < 4.78 is 5.42. The van der Waals surface area contributed by atoms with Gasteiger partial charge in [-0.3, -0.25) is 4.79 Å². The second kappa shape index (κ2) is 3.67. The fourth-order valence-electron chi connectivity index (χ4n) is 1.27. The lowest BCUT2D eigenvalue weighted by Gasteiger charge is -2.25. The smallest absolute Gasteiger partial charge is 0.161 e. The Morgan fingerprint density at radius 2 is 2.55 bits per heavy atom. The first kappa shape index (κ1) is 8.47. The lowest BCUT2D eigenvalue weighted by Crippen LogP contribution is -2.33. The molecule has 2 nitrogen and oxygen atoms in total. The summed E-state index contributed by atoms with van der Waals surface area (Å²) in [5.41, 5.74) is 0. The zero-order valence-corrected chi connectivity index (χ0v) is 6.88. The van der Waals surface area contributed by atoms with Gasteiger partial charge in [0, 0.05) is 6.42 Å². The molecule has 1 rings (SSSR count). The minimum absolute atomic E-state index is 0.212.